The molecule has 0 aliphatic carbocycles. The second kappa shape index (κ2) is 9.30. The highest BCUT2D eigenvalue weighted by atomic mass is 31.3. The molecule has 2 heterocycles. The van der Waals surface area contributed by atoms with Crippen molar-refractivity contribution in [2.24, 2.45) is 15.8 Å². The van der Waals surface area contributed by atoms with E-state index in [0.717, 1.165) is 4.90 Å². The molecule has 8 N–H and O–H groups in total. The van der Waals surface area contributed by atoms with E-state index in [2.05, 4.69) is 34.7 Å². The van der Waals surface area contributed by atoms with E-state index in [-0.39, 0.29) is 11.7 Å². The Hall–Kier alpha value is -1.65. The van der Waals surface area contributed by atoms with Gasteiger partial charge < -0.3 is 45.2 Å². The van der Waals surface area contributed by atoms with Gasteiger partial charge in [0.15, 0.2) is 6.23 Å². The average molecular weight is 522 g/mol. The smallest absolute Gasteiger partial charge is 0.387 e. The molecule has 0 saturated carbocycles. The van der Waals surface area contributed by atoms with Gasteiger partial charge in [-0.15, -0.1) is 0 Å². The lowest BCUT2D eigenvalue weighted by atomic mass is 10.1. The number of azide groups is 1. The first-order valence-corrected chi connectivity index (χ1v) is 12.4. The van der Waals surface area contributed by atoms with Crippen molar-refractivity contribution in [2.75, 3.05) is 6.61 Å². The summed E-state index contributed by atoms with van der Waals surface area (Å²) in [6.07, 6.45) is -2.95. The van der Waals surface area contributed by atoms with Crippen molar-refractivity contribution in [1.29, 1.82) is 0 Å². The summed E-state index contributed by atoms with van der Waals surface area (Å²) in [5.41, 5.74) is 11.7. The first-order chi connectivity index (χ1) is 14.5. The van der Waals surface area contributed by atoms with E-state index in [1.165, 1.54) is 12.3 Å². The van der Waals surface area contributed by atoms with Crippen LogP contribution in [0.2, 0.25) is 0 Å². The van der Waals surface area contributed by atoms with Crippen LogP contribution in [0.15, 0.2) is 34.8 Å². The van der Waals surface area contributed by atoms with Crippen molar-refractivity contribution in [1.82, 2.24) is 4.90 Å². The summed E-state index contributed by atoms with van der Waals surface area (Å²) in [4.78, 5) is 43.0. The SMILES string of the molecule is C=C1N=C(N)C=CN1[C@@H]1O[C@@](COP(=O)(O)OP(=O)(O)OP(=O)(O)O)(N=[N+]=[N-])[C@@H](O)[C@@H]1O. The molecule has 1 saturated heterocycles. The molecule has 0 amide bonds. The van der Waals surface area contributed by atoms with Crippen LogP contribution in [-0.2, 0) is 31.6 Å². The van der Waals surface area contributed by atoms with E-state index in [0.29, 0.717) is 0 Å². The lowest BCUT2D eigenvalue weighted by Crippen LogP contribution is -2.45. The van der Waals surface area contributed by atoms with Crippen molar-refractivity contribution >= 4 is 29.3 Å². The zero-order valence-electron chi connectivity index (χ0n) is 15.5. The molecule has 180 valence electrons. The number of ether oxygens (including phenoxy) is 1. The third-order valence-electron chi connectivity index (χ3n) is 3.70. The number of phosphoric ester groups is 1. The lowest BCUT2D eigenvalue weighted by molar-refractivity contribution is -0.129. The summed E-state index contributed by atoms with van der Waals surface area (Å²) in [5.74, 6) is -0.0147. The van der Waals surface area contributed by atoms with Crippen LogP contribution < -0.4 is 5.73 Å². The van der Waals surface area contributed by atoms with Gasteiger partial charge in [-0.3, -0.25) is 4.52 Å². The number of nitrogens with two attached hydrogens (primary N) is 1. The largest absolute Gasteiger partial charge is 0.490 e. The van der Waals surface area contributed by atoms with Gasteiger partial charge in [-0.25, -0.2) is 18.7 Å². The molecule has 22 heteroatoms. The number of phosphoric acid groups is 3. The minimum absolute atomic E-state index is 0.0493. The second-order valence-corrected chi connectivity index (χ2v) is 10.4. The Morgan fingerprint density at radius 2 is 1.91 bits per heavy atom. The van der Waals surface area contributed by atoms with Gasteiger partial charge >= 0.3 is 23.5 Å². The van der Waals surface area contributed by atoms with Crippen molar-refractivity contribution in [3.05, 3.63) is 35.1 Å². The molecule has 6 atom stereocenters. The van der Waals surface area contributed by atoms with E-state index in [1.54, 1.807) is 0 Å². The van der Waals surface area contributed by atoms with Gasteiger partial charge in [0.05, 0.1) is 6.61 Å². The van der Waals surface area contributed by atoms with E-state index in [4.69, 9.17) is 30.7 Å². The molecule has 19 nitrogen and oxygen atoms in total. The van der Waals surface area contributed by atoms with Crippen molar-refractivity contribution in [3.63, 3.8) is 0 Å². The number of amidine groups is 1. The Kier molecular flexibility index (Phi) is 7.74. The Bertz CT molecular complexity index is 1020. The van der Waals surface area contributed by atoms with Gasteiger partial charge in [-0.1, -0.05) is 11.7 Å². The fourth-order valence-electron chi connectivity index (χ4n) is 2.50. The molecule has 2 unspecified atom stereocenters. The topological polar surface area (TPSA) is 300 Å². The highest BCUT2D eigenvalue weighted by Gasteiger charge is 2.57. The number of hydrogen-bond acceptors (Lipinski definition) is 13. The predicted molar refractivity (Wildman–Crippen MR) is 100 cm³/mol. The third kappa shape index (κ3) is 6.45. The standard InChI is InChI=1S/C10H17N6O13P3/c1-5-13-6(11)2-3-16(5)9-7(17)8(18)10(27-9,14-15-12)4-26-31(22,23)29-32(24,25)28-30(19,20)21/h2-3,7-9,17-18H,1,4H2,(H2,11,13)(H,22,23)(H,24,25)(H2,19,20,21)/t7-,8-,9+,10+/m0/s1. The highest BCUT2D eigenvalue weighted by Crippen LogP contribution is 2.66. The molecule has 0 aromatic carbocycles. The molecule has 2 aliphatic heterocycles. The van der Waals surface area contributed by atoms with Crippen LogP contribution >= 0.6 is 23.5 Å². The molecule has 1 fully saturated rings. The third-order valence-corrected chi connectivity index (χ3v) is 7.49. The average Bonchev–Trinajstić information content (AvgIpc) is 2.83. The fourth-order valence-corrected chi connectivity index (χ4v) is 5.54. The molecule has 0 radical (unpaired) electrons. The van der Waals surface area contributed by atoms with Gasteiger partial charge in [-0.2, -0.15) is 8.62 Å². The van der Waals surface area contributed by atoms with Crippen LogP contribution in [0.3, 0.4) is 0 Å². The van der Waals surface area contributed by atoms with E-state index >= 15 is 0 Å². The maximum atomic E-state index is 11.9. The second-order valence-electron chi connectivity index (χ2n) is 6.02. The number of aliphatic imine (C=N–C) groups is 1. The maximum absolute atomic E-state index is 11.9. The number of aliphatic hydroxyl groups excluding tert-OH is 2. The van der Waals surface area contributed by atoms with E-state index in [9.17, 15) is 28.8 Å². The summed E-state index contributed by atoms with van der Waals surface area (Å²) in [6, 6.07) is 0. The summed E-state index contributed by atoms with van der Waals surface area (Å²) < 4.78 is 50.8. The monoisotopic (exact) mass is 522 g/mol. The Morgan fingerprint density at radius 3 is 2.44 bits per heavy atom. The number of nitrogens with zero attached hydrogens (tertiary/aromatic N) is 5. The van der Waals surface area contributed by atoms with Crippen LogP contribution in [0, 0.1) is 0 Å². The van der Waals surface area contributed by atoms with Crippen LogP contribution in [0.5, 0.6) is 0 Å². The molecule has 0 spiro atoms. The Morgan fingerprint density at radius 1 is 1.28 bits per heavy atom. The van der Waals surface area contributed by atoms with Gasteiger partial charge in [0, 0.05) is 11.1 Å². The van der Waals surface area contributed by atoms with Crippen LogP contribution in [-0.4, -0.2) is 71.3 Å². The lowest BCUT2D eigenvalue weighted by Gasteiger charge is -2.31. The van der Waals surface area contributed by atoms with Crippen LogP contribution in [0.25, 0.3) is 10.4 Å². The summed E-state index contributed by atoms with van der Waals surface area (Å²) in [6.45, 7) is 2.20. The normalized spacial score (nSPS) is 32.1. The Balaban J connectivity index is 2.22. The fraction of sp³-hybridized carbons (Fsp3) is 0.500. The summed E-state index contributed by atoms with van der Waals surface area (Å²) >= 11 is 0. The first-order valence-electron chi connectivity index (χ1n) is 7.89. The molecule has 0 aromatic heterocycles. The van der Waals surface area contributed by atoms with Crippen molar-refractivity contribution in [2.45, 2.75) is 24.2 Å². The van der Waals surface area contributed by atoms with Gasteiger partial charge in [0.1, 0.15) is 23.9 Å². The van der Waals surface area contributed by atoms with Crippen molar-refractivity contribution < 1.29 is 61.4 Å². The number of aliphatic hydroxyl groups is 2. The van der Waals surface area contributed by atoms with Crippen LogP contribution in [0.4, 0.5) is 0 Å². The first kappa shape index (κ1) is 26.6. The quantitative estimate of drug-likeness (QED) is 0.0833. The zero-order chi connectivity index (χ0) is 24.5. The predicted octanol–water partition coefficient (Wildman–Crippen LogP) is -0.928. The van der Waals surface area contributed by atoms with E-state index in [1.807, 2.05) is 0 Å². The van der Waals surface area contributed by atoms with E-state index < -0.39 is 54.2 Å². The number of hydrogen-bond donors (Lipinski definition) is 7. The molecule has 32 heavy (non-hydrogen) atoms. The molecule has 0 aromatic rings. The minimum Gasteiger partial charge on any atom is -0.387 e. The summed E-state index contributed by atoms with van der Waals surface area (Å²) in [7, 11) is -17.1. The van der Waals surface area contributed by atoms with Crippen LogP contribution in [0.1, 0.15) is 0 Å². The van der Waals surface area contributed by atoms with Gasteiger partial charge in [-0.05, 0) is 11.6 Å². The minimum atomic E-state index is -5.82. The zero-order valence-corrected chi connectivity index (χ0v) is 18.2. The highest BCUT2D eigenvalue weighted by molar-refractivity contribution is 7.66. The Labute approximate surface area is 178 Å². The van der Waals surface area contributed by atoms with Gasteiger partial charge in [0.2, 0.25) is 5.72 Å². The molecular weight excluding hydrogens is 505 g/mol. The molecule has 2 rings (SSSR count). The molecular formula is C10H17N6O13P3. The molecule has 0 bridgehead atoms. The maximum Gasteiger partial charge on any atom is 0.490 e. The molecule has 2 aliphatic rings. The van der Waals surface area contributed by atoms with Crippen molar-refractivity contribution in [3.8, 4) is 0 Å². The summed E-state index contributed by atoms with van der Waals surface area (Å²) in [5, 5.41) is 23.8. The van der Waals surface area contributed by atoms with Gasteiger partial charge in [0.25, 0.3) is 0 Å². The number of rotatable bonds is 9.